The lowest BCUT2D eigenvalue weighted by Gasteiger charge is -2.06. The van der Waals surface area contributed by atoms with E-state index in [0.29, 0.717) is 12.5 Å². The molecular weight excluding hydrogens is 176 g/mol. The van der Waals surface area contributed by atoms with Crippen LogP contribution in [0.4, 0.5) is 0 Å². The molecular formula is C12H16O2. The Hall–Kier alpha value is -1.02. The number of aliphatic hydroxyl groups excluding tert-OH is 1. The summed E-state index contributed by atoms with van der Waals surface area (Å²) < 4.78 is 5.32. The fourth-order valence-corrected chi connectivity index (χ4v) is 2.28. The van der Waals surface area contributed by atoms with Crippen molar-refractivity contribution in [2.45, 2.75) is 19.3 Å². The molecule has 1 aliphatic rings. The summed E-state index contributed by atoms with van der Waals surface area (Å²) in [5, 5.41) is 8.90. The highest BCUT2D eigenvalue weighted by atomic mass is 16.5. The maximum absolute atomic E-state index is 8.90. The maximum Gasteiger partial charge on any atom is 0.122 e. The number of rotatable bonds is 3. The second kappa shape index (κ2) is 4.01. The Balaban J connectivity index is 2.21. The van der Waals surface area contributed by atoms with E-state index in [1.807, 2.05) is 12.1 Å². The molecule has 1 aromatic carbocycles. The van der Waals surface area contributed by atoms with Crippen LogP contribution in [0.15, 0.2) is 18.2 Å². The van der Waals surface area contributed by atoms with E-state index in [2.05, 4.69) is 6.07 Å². The minimum Gasteiger partial charge on any atom is -0.496 e. The quantitative estimate of drug-likeness (QED) is 0.791. The fourth-order valence-electron chi connectivity index (χ4n) is 2.28. The van der Waals surface area contributed by atoms with Crippen LogP contribution in [-0.4, -0.2) is 18.8 Å². The van der Waals surface area contributed by atoms with Gasteiger partial charge in [-0.2, -0.15) is 0 Å². The van der Waals surface area contributed by atoms with E-state index in [9.17, 15) is 0 Å². The molecule has 1 aromatic rings. The Morgan fingerprint density at radius 1 is 1.43 bits per heavy atom. The smallest absolute Gasteiger partial charge is 0.122 e. The van der Waals surface area contributed by atoms with Crippen LogP contribution in [0.25, 0.3) is 0 Å². The van der Waals surface area contributed by atoms with Crippen molar-refractivity contribution in [1.82, 2.24) is 0 Å². The second-order valence-corrected chi connectivity index (χ2v) is 3.88. The van der Waals surface area contributed by atoms with Crippen molar-refractivity contribution in [2.75, 3.05) is 13.7 Å². The summed E-state index contributed by atoms with van der Waals surface area (Å²) in [6.07, 6.45) is 3.05. The summed E-state index contributed by atoms with van der Waals surface area (Å²) in [6.45, 7) is 0.293. The average Bonchev–Trinajstić information content (AvgIpc) is 2.60. The molecule has 14 heavy (non-hydrogen) atoms. The molecule has 0 aliphatic heterocycles. The first-order valence-electron chi connectivity index (χ1n) is 5.10. The first kappa shape index (κ1) is 9.53. The number of fused-ring (bicyclic) bond motifs is 1. The minimum atomic E-state index is 0.293. The fraction of sp³-hybridized carbons (Fsp3) is 0.500. The zero-order valence-corrected chi connectivity index (χ0v) is 8.49. The SMILES string of the molecule is COc1cccc2c1CC(CCO)C2. The van der Waals surface area contributed by atoms with Gasteiger partial charge in [0.15, 0.2) is 0 Å². The van der Waals surface area contributed by atoms with Gasteiger partial charge in [0.25, 0.3) is 0 Å². The third kappa shape index (κ3) is 1.62. The Morgan fingerprint density at radius 2 is 2.29 bits per heavy atom. The van der Waals surface area contributed by atoms with Crippen LogP contribution in [0, 0.1) is 5.92 Å². The highest BCUT2D eigenvalue weighted by Gasteiger charge is 2.23. The average molecular weight is 192 g/mol. The van der Waals surface area contributed by atoms with Crippen molar-refractivity contribution in [2.24, 2.45) is 5.92 Å². The van der Waals surface area contributed by atoms with E-state index in [4.69, 9.17) is 9.84 Å². The molecule has 0 aromatic heterocycles. The van der Waals surface area contributed by atoms with Gasteiger partial charge in [-0.3, -0.25) is 0 Å². The highest BCUT2D eigenvalue weighted by Crippen LogP contribution is 2.34. The molecule has 76 valence electrons. The van der Waals surface area contributed by atoms with Crippen molar-refractivity contribution in [1.29, 1.82) is 0 Å². The van der Waals surface area contributed by atoms with Crippen molar-refractivity contribution < 1.29 is 9.84 Å². The molecule has 0 spiro atoms. The van der Waals surface area contributed by atoms with Crippen LogP contribution in [0.1, 0.15) is 17.5 Å². The number of hydrogen-bond acceptors (Lipinski definition) is 2. The molecule has 0 amide bonds. The first-order valence-corrected chi connectivity index (χ1v) is 5.10. The lowest BCUT2D eigenvalue weighted by atomic mass is 10.0. The van der Waals surface area contributed by atoms with Crippen LogP contribution >= 0.6 is 0 Å². The zero-order valence-electron chi connectivity index (χ0n) is 8.49. The molecule has 0 saturated carbocycles. The summed E-state index contributed by atoms with van der Waals surface area (Å²) in [7, 11) is 1.72. The topological polar surface area (TPSA) is 29.5 Å². The highest BCUT2D eigenvalue weighted by molar-refractivity contribution is 5.43. The van der Waals surface area contributed by atoms with Crippen LogP contribution in [0.2, 0.25) is 0 Å². The Bertz CT molecular complexity index is 320. The molecule has 1 unspecified atom stereocenters. The summed E-state index contributed by atoms with van der Waals surface area (Å²) in [6, 6.07) is 6.22. The number of ether oxygens (including phenoxy) is 1. The standard InChI is InChI=1S/C12H16O2/c1-14-12-4-2-3-10-7-9(5-6-13)8-11(10)12/h2-4,9,13H,5-8H2,1H3. The van der Waals surface area contributed by atoms with Gasteiger partial charge in [0.1, 0.15) is 5.75 Å². The third-order valence-corrected chi connectivity index (χ3v) is 2.99. The summed E-state index contributed by atoms with van der Waals surface area (Å²) >= 11 is 0. The van der Waals surface area contributed by atoms with Gasteiger partial charge in [0, 0.05) is 6.61 Å². The Labute approximate surface area is 84.5 Å². The van der Waals surface area contributed by atoms with Gasteiger partial charge in [-0.05, 0) is 42.4 Å². The molecule has 1 aliphatic carbocycles. The molecule has 0 heterocycles. The number of hydrogen-bond donors (Lipinski definition) is 1. The van der Waals surface area contributed by atoms with E-state index >= 15 is 0 Å². The third-order valence-electron chi connectivity index (χ3n) is 2.99. The second-order valence-electron chi connectivity index (χ2n) is 3.88. The number of benzene rings is 1. The van der Waals surface area contributed by atoms with Crippen molar-refractivity contribution in [3.63, 3.8) is 0 Å². The summed E-state index contributed by atoms with van der Waals surface area (Å²) in [5.74, 6) is 1.61. The molecule has 1 N–H and O–H groups in total. The van der Waals surface area contributed by atoms with Gasteiger partial charge >= 0.3 is 0 Å². The number of methoxy groups -OCH3 is 1. The van der Waals surface area contributed by atoms with Crippen LogP contribution in [0.5, 0.6) is 5.75 Å². The van der Waals surface area contributed by atoms with E-state index in [1.54, 1.807) is 7.11 Å². The molecule has 0 saturated heterocycles. The van der Waals surface area contributed by atoms with Gasteiger partial charge in [0.2, 0.25) is 0 Å². The van der Waals surface area contributed by atoms with E-state index < -0.39 is 0 Å². The normalized spacial score (nSPS) is 19.4. The van der Waals surface area contributed by atoms with Gasteiger partial charge in [-0.15, -0.1) is 0 Å². The summed E-state index contributed by atoms with van der Waals surface area (Å²) in [4.78, 5) is 0. The van der Waals surface area contributed by atoms with Crippen molar-refractivity contribution >= 4 is 0 Å². The largest absolute Gasteiger partial charge is 0.496 e. The van der Waals surface area contributed by atoms with E-state index in [0.717, 1.165) is 25.0 Å². The van der Waals surface area contributed by atoms with Crippen molar-refractivity contribution in [3.8, 4) is 5.75 Å². The molecule has 2 heteroatoms. The molecule has 0 bridgehead atoms. The van der Waals surface area contributed by atoms with Crippen LogP contribution in [-0.2, 0) is 12.8 Å². The molecule has 2 rings (SSSR count). The van der Waals surface area contributed by atoms with E-state index in [-0.39, 0.29) is 0 Å². The van der Waals surface area contributed by atoms with Gasteiger partial charge in [0.05, 0.1) is 7.11 Å². The predicted molar refractivity (Wildman–Crippen MR) is 55.6 cm³/mol. The first-order chi connectivity index (χ1) is 6.85. The van der Waals surface area contributed by atoms with Gasteiger partial charge in [-0.1, -0.05) is 12.1 Å². The van der Waals surface area contributed by atoms with Crippen LogP contribution < -0.4 is 4.74 Å². The summed E-state index contributed by atoms with van der Waals surface area (Å²) in [5.41, 5.74) is 2.73. The lowest BCUT2D eigenvalue weighted by Crippen LogP contribution is -2.01. The zero-order chi connectivity index (χ0) is 9.97. The minimum absolute atomic E-state index is 0.293. The maximum atomic E-state index is 8.90. The van der Waals surface area contributed by atoms with Crippen molar-refractivity contribution in [3.05, 3.63) is 29.3 Å². The lowest BCUT2D eigenvalue weighted by molar-refractivity contribution is 0.259. The molecule has 1 atom stereocenters. The Kier molecular flexibility index (Phi) is 2.73. The van der Waals surface area contributed by atoms with E-state index in [1.165, 1.54) is 11.1 Å². The van der Waals surface area contributed by atoms with Gasteiger partial charge in [-0.25, -0.2) is 0 Å². The van der Waals surface area contributed by atoms with Gasteiger partial charge < -0.3 is 9.84 Å². The molecule has 0 radical (unpaired) electrons. The predicted octanol–water partition coefficient (Wildman–Crippen LogP) is 1.79. The van der Waals surface area contributed by atoms with Crippen LogP contribution in [0.3, 0.4) is 0 Å². The number of aliphatic hydroxyl groups is 1. The molecule has 2 nitrogen and oxygen atoms in total. The Morgan fingerprint density at radius 3 is 3.00 bits per heavy atom. The monoisotopic (exact) mass is 192 g/mol. The molecule has 0 fully saturated rings.